The van der Waals surface area contributed by atoms with Crippen molar-refractivity contribution >= 4 is 39.7 Å². The first-order valence-corrected chi connectivity index (χ1v) is 12.1. The standard InChI is InChI=1S/C27H24N2O4S/c1-32-27(31)19-12-10-17(11-13-19)16-33-21-8-4-2-6-18(21)14-15-23-28-25(30)24-20-7-3-5-9-22(20)34-26(24)29-23/h2,4,6,8,10-15H,3,5,7,9,16H2,1H3,(H,28,29,30). The van der Waals surface area contributed by atoms with E-state index >= 15 is 0 Å². The quantitative estimate of drug-likeness (QED) is 0.380. The van der Waals surface area contributed by atoms with Gasteiger partial charge < -0.3 is 14.5 Å². The molecular formula is C27H24N2O4S. The number of methoxy groups -OCH3 is 1. The van der Waals surface area contributed by atoms with Crippen LogP contribution in [-0.4, -0.2) is 23.0 Å². The summed E-state index contributed by atoms with van der Waals surface area (Å²) in [6.07, 6.45) is 8.02. The van der Waals surface area contributed by atoms with Crippen LogP contribution in [0.25, 0.3) is 22.4 Å². The molecule has 2 aromatic heterocycles. The average Bonchev–Trinajstić information content (AvgIpc) is 3.25. The van der Waals surface area contributed by atoms with Gasteiger partial charge in [0.05, 0.1) is 18.1 Å². The van der Waals surface area contributed by atoms with Gasteiger partial charge in [-0.15, -0.1) is 11.3 Å². The van der Waals surface area contributed by atoms with Gasteiger partial charge in [-0.3, -0.25) is 4.79 Å². The SMILES string of the molecule is COC(=O)c1ccc(COc2ccccc2C=Cc2nc3sc4c(c3c(=O)[nH]2)CCCC4)cc1. The molecule has 0 radical (unpaired) electrons. The topological polar surface area (TPSA) is 81.3 Å². The Labute approximate surface area is 200 Å². The van der Waals surface area contributed by atoms with Crippen LogP contribution in [0.3, 0.4) is 0 Å². The summed E-state index contributed by atoms with van der Waals surface area (Å²) in [5.74, 6) is 0.880. The van der Waals surface area contributed by atoms with Gasteiger partial charge in [0.25, 0.3) is 5.56 Å². The smallest absolute Gasteiger partial charge is 0.337 e. The molecule has 0 spiro atoms. The van der Waals surface area contributed by atoms with Gasteiger partial charge in [0.1, 0.15) is 23.0 Å². The Morgan fingerprint density at radius 2 is 1.88 bits per heavy atom. The van der Waals surface area contributed by atoms with E-state index in [-0.39, 0.29) is 11.5 Å². The monoisotopic (exact) mass is 472 g/mol. The predicted molar refractivity (Wildman–Crippen MR) is 134 cm³/mol. The van der Waals surface area contributed by atoms with Crippen LogP contribution in [0.5, 0.6) is 5.75 Å². The lowest BCUT2D eigenvalue weighted by molar-refractivity contribution is 0.0600. The first-order valence-electron chi connectivity index (χ1n) is 11.2. The molecule has 4 aromatic rings. The van der Waals surface area contributed by atoms with Gasteiger partial charge in [-0.1, -0.05) is 30.3 Å². The van der Waals surface area contributed by atoms with E-state index in [0.717, 1.165) is 40.6 Å². The van der Waals surface area contributed by atoms with Gasteiger partial charge in [0.2, 0.25) is 0 Å². The number of thiophene rings is 1. The second-order valence-corrected chi connectivity index (χ2v) is 9.27. The molecule has 2 heterocycles. The fraction of sp³-hybridized carbons (Fsp3) is 0.222. The molecule has 34 heavy (non-hydrogen) atoms. The summed E-state index contributed by atoms with van der Waals surface area (Å²) >= 11 is 1.64. The highest BCUT2D eigenvalue weighted by Gasteiger charge is 2.19. The number of esters is 1. The Kier molecular flexibility index (Phi) is 6.27. The number of carbonyl (C=O) groups excluding carboxylic acids is 1. The van der Waals surface area contributed by atoms with Gasteiger partial charge in [0, 0.05) is 10.4 Å². The predicted octanol–water partition coefficient (Wildman–Crippen LogP) is 5.40. The highest BCUT2D eigenvalue weighted by molar-refractivity contribution is 7.18. The third-order valence-corrected chi connectivity index (χ3v) is 7.14. The molecule has 7 heteroatoms. The number of aryl methyl sites for hydroxylation is 2. The first-order chi connectivity index (χ1) is 16.6. The molecule has 1 aliphatic rings. The lowest BCUT2D eigenvalue weighted by Gasteiger charge is -2.10. The number of rotatable bonds is 6. The summed E-state index contributed by atoms with van der Waals surface area (Å²) < 4.78 is 10.8. The number of ether oxygens (including phenoxy) is 2. The number of aromatic nitrogens is 2. The Hall–Kier alpha value is -3.71. The minimum Gasteiger partial charge on any atom is -0.488 e. The number of fused-ring (bicyclic) bond motifs is 3. The molecule has 172 valence electrons. The molecule has 0 fully saturated rings. The van der Waals surface area contributed by atoms with Crippen LogP contribution in [0.2, 0.25) is 0 Å². The minimum atomic E-state index is -0.365. The van der Waals surface area contributed by atoms with Crippen LogP contribution in [0.15, 0.2) is 53.3 Å². The lowest BCUT2D eigenvalue weighted by atomic mass is 9.97. The number of nitrogens with one attached hydrogen (secondary N) is 1. The van der Waals surface area contributed by atoms with Crippen molar-refractivity contribution in [1.82, 2.24) is 9.97 Å². The molecule has 0 aliphatic heterocycles. The Bertz CT molecular complexity index is 1430. The van der Waals surface area contributed by atoms with E-state index in [2.05, 4.69) is 4.98 Å². The maximum absolute atomic E-state index is 12.8. The Morgan fingerprint density at radius 3 is 2.71 bits per heavy atom. The highest BCUT2D eigenvalue weighted by Crippen LogP contribution is 2.33. The van der Waals surface area contributed by atoms with E-state index in [1.165, 1.54) is 24.0 Å². The number of nitrogens with zero attached hydrogens (tertiary/aromatic N) is 1. The summed E-state index contributed by atoms with van der Waals surface area (Å²) in [5.41, 5.74) is 3.43. The summed E-state index contributed by atoms with van der Waals surface area (Å²) in [7, 11) is 1.36. The molecule has 0 bridgehead atoms. The largest absolute Gasteiger partial charge is 0.488 e. The second kappa shape index (κ2) is 9.65. The molecule has 0 saturated carbocycles. The summed E-state index contributed by atoms with van der Waals surface area (Å²) in [4.78, 5) is 34.1. The fourth-order valence-electron chi connectivity index (χ4n) is 4.19. The third-order valence-electron chi connectivity index (χ3n) is 5.95. The molecule has 0 amide bonds. The van der Waals surface area contributed by atoms with Gasteiger partial charge in [-0.25, -0.2) is 9.78 Å². The molecule has 6 nitrogen and oxygen atoms in total. The van der Waals surface area contributed by atoms with Crippen molar-refractivity contribution in [3.8, 4) is 5.75 Å². The van der Waals surface area contributed by atoms with Crippen LogP contribution in [0.1, 0.15) is 50.6 Å². The van der Waals surface area contributed by atoms with E-state index in [1.54, 1.807) is 23.5 Å². The summed E-state index contributed by atoms with van der Waals surface area (Å²) in [6.45, 7) is 0.355. The van der Waals surface area contributed by atoms with Crippen molar-refractivity contribution in [2.24, 2.45) is 0 Å². The Balaban J connectivity index is 1.34. The zero-order valence-electron chi connectivity index (χ0n) is 18.8. The molecule has 2 aromatic carbocycles. The summed E-state index contributed by atoms with van der Waals surface area (Å²) in [5, 5.41) is 0.763. The van der Waals surface area contributed by atoms with Crippen molar-refractivity contribution < 1.29 is 14.3 Å². The van der Waals surface area contributed by atoms with Gasteiger partial charge in [0.15, 0.2) is 0 Å². The lowest BCUT2D eigenvalue weighted by Crippen LogP contribution is -2.11. The third kappa shape index (κ3) is 4.52. The van der Waals surface area contributed by atoms with Gasteiger partial charge >= 0.3 is 5.97 Å². The van der Waals surface area contributed by atoms with Crippen molar-refractivity contribution in [1.29, 1.82) is 0 Å². The molecule has 5 rings (SSSR count). The average molecular weight is 473 g/mol. The molecule has 0 unspecified atom stereocenters. The van der Waals surface area contributed by atoms with Crippen molar-refractivity contribution in [2.45, 2.75) is 32.3 Å². The van der Waals surface area contributed by atoms with Crippen molar-refractivity contribution in [2.75, 3.05) is 7.11 Å². The number of H-pyrrole nitrogens is 1. The zero-order chi connectivity index (χ0) is 23.5. The minimum absolute atomic E-state index is 0.0658. The molecule has 1 N–H and O–H groups in total. The molecule has 1 aliphatic carbocycles. The number of para-hydroxylation sites is 1. The normalized spacial score (nSPS) is 13.2. The summed E-state index contributed by atoms with van der Waals surface area (Å²) in [6, 6.07) is 14.8. The second-order valence-electron chi connectivity index (χ2n) is 8.19. The van der Waals surface area contributed by atoms with Crippen LogP contribution in [-0.2, 0) is 24.2 Å². The van der Waals surface area contributed by atoms with Gasteiger partial charge in [-0.05, 0) is 67.2 Å². The van der Waals surface area contributed by atoms with Crippen LogP contribution >= 0.6 is 11.3 Å². The van der Waals surface area contributed by atoms with Gasteiger partial charge in [-0.2, -0.15) is 0 Å². The maximum atomic E-state index is 12.8. The number of carbonyl (C=O) groups is 1. The van der Waals surface area contributed by atoms with Crippen molar-refractivity contribution in [3.63, 3.8) is 0 Å². The first kappa shape index (κ1) is 22.1. The number of aromatic amines is 1. The van der Waals surface area contributed by atoms with E-state index in [1.807, 2.05) is 48.6 Å². The number of hydrogen-bond acceptors (Lipinski definition) is 6. The molecule has 0 saturated heterocycles. The van der Waals surface area contributed by atoms with E-state index in [4.69, 9.17) is 14.5 Å². The van der Waals surface area contributed by atoms with Crippen LogP contribution < -0.4 is 10.3 Å². The molecular weight excluding hydrogens is 448 g/mol. The Morgan fingerprint density at radius 1 is 1.09 bits per heavy atom. The van der Waals surface area contributed by atoms with E-state index in [9.17, 15) is 9.59 Å². The van der Waals surface area contributed by atoms with Crippen LogP contribution in [0.4, 0.5) is 0 Å². The number of hydrogen-bond donors (Lipinski definition) is 1. The highest BCUT2D eigenvalue weighted by atomic mass is 32.1. The van der Waals surface area contributed by atoms with E-state index < -0.39 is 0 Å². The zero-order valence-corrected chi connectivity index (χ0v) is 19.6. The molecule has 0 atom stereocenters. The van der Waals surface area contributed by atoms with Crippen molar-refractivity contribution in [3.05, 3.63) is 91.8 Å². The van der Waals surface area contributed by atoms with E-state index in [0.29, 0.717) is 23.7 Å². The fourth-order valence-corrected chi connectivity index (χ4v) is 5.46. The number of benzene rings is 2. The maximum Gasteiger partial charge on any atom is 0.337 e. The van der Waals surface area contributed by atoms with Crippen LogP contribution in [0, 0.1) is 0 Å².